The van der Waals surface area contributed by atoms with Crippen LogP contribution in [0.4, 0.5) is 0 Å². The molecule has 3 heteroatoms. The molecule has 3 rings (SSSR count). The lowest BCUT2D eigenvalue weighted by Crippen LogP contribution is -2.41. The maximum atomic E-state index is 12.2. The van der Waals surface area contributed by atoms with E-state index >= 15 is 0 Å². The predicted molar refractivity (Wildman–Crippen MR) is 85.0 cm³/mol. The molecule has 0 radical (unpaired) electrons. The van der Waals surface area contributed by atoms with E-state index in [9.17, 15) is 15.0 Å². The van der Waals surface area contributed by atoms with Crippen LogP contribution >= 0.6 is 0 Å². The molecule has 0 fully saturated rings. The maximum absolute atomic E-state index is 12.2. The molecule has 0 saturated carbocycles. The van der Waals surface area contributed by atoms with E-state index in [0.29, 0.717) is 12.8 Å². The highest BCUT2D eigenvalue weighted by Crippen LogP contribution is 2.48. The number of benzene rings is 2. The molecule has 0 aromatic heterocycles. The number of aliphatic hydroxyl groups is 1. The monoisotopic (exact) mass is 294 g/mol. The highest BCUT2D eigenvalue weighted by atomic mass is 16.4. The summed E-state index contributed by atoms with van der Waals surface area (Å²) in [7, 11) is 0. The molecule has 2 unspecified atom stereocenters. The number of carboxylic acids is 1. The van der Waals surface area contributed by atoms with Crippen LogP contribution in [0.15, 0.2) is 66.9 Å². The summed E-state index contributed by atoms with van der Waals surface area (Å²) in [4.78, 5) is 12.2. The van der Waals surface area contributed by atoms with Crippen molar-refractivity contribution in [2.24, 2.45) is 0 Å². The molecule has 2 atom stereocenters. The lowest BCUT2D eigenvalue weighted by atomic mass is 9.63. The Morgan fingerprint density at radius 2 is 1.68 bits per heavy atom. The van der Waals surface area contributed by atoms with Gasteiger partial charge in [0.25, 0.3) is 0 Å². The molecular weight excluding hydrogens is 276 g/mol. The Kier molecular flexibility index (Phi) is 3.49. The van der Waals surface area contributed by atoms with E-state index in [-0.39, 0.29) is 11.7 Å². The average Bonchev–Trinajstić information content (AvgIpc) is 2.54. The molecule has 0 bridgehead atoms. The Balaban J connectivity index is 2.27. The van der Waals surface area contributed by atoms with Gasteiger partial charge in [-0.1, -0.05) is 61.2 Å². The van der Waals surface area contributed by atoms with E-state index < -0.39 is 11.4 Å². The lowest BCUT2D eigenvalue weighted by Gasteiger charge is -2.39. The van der Waals surface area contributed by atoms with Crippen molar-refractivity contribution < 1.29 is 15.0 Å². The summed E-state index contributed by atoms with van der Waals surface area (Å²) in [5, 5.41) is 19.9. The Morgan fingerprint density at radius 1 is 1.05 bits per heavy atom. The SMILES string of the molecule is C=C(O)C1CCC(C(=O)O)(c2ccccc2)c2ccccc21. The largest absolute Gasteiger partial charge is 0.512 e. The molecule has 1 aliphatic rings. The van der Waals surface area contributed by atoms with Crippen molar-refractivity contribution in [2.75, 3.05) is 0 Å². The Hall–Kier alpha value is -2.55. The standard InChI is InChI=1S/C19H18O3/c1-13(20)15-11-12-19(18(21)22,14-7-3-2-4-8-14)17-10-6-5-9-16(15)17/h2-10,15,20H,1,11-12H2,(H,21,22). The number of fused-ring (bicyclic) bond motifs is 1. The Morgan fingerprint density at radius 3 is 2.32 bits per heavy atom. The van der Waals surface area contributed by atoms with Crippen molar-refractivity contribution in [3.63, 3.8) is 0 Å². The van der Waals surface area contributed by atoms with Crippen molar-refractivity contribution in [1.29, 1.82) is 0 Å². The van der Waals surface area contributed by atoms with Gasteiger partial charge in [-0.15, -0.1) is 0 Å². The molecule has 0 aliphatic heterocycles. The number of allylic oxidation sites excluding steroid dienone is 1. The van der Waals surface area contributed by atoms with Gasteiger partial charge in [0.2, 0.25) is 0 Å². The summed E-state index contributed by atoms with van der Waals surface area (Å²) < 4.78 is 0. The highest BCUT2D eigenvalue weighted by molar-refractivity contribution is 5.87. The molecule has 2 aromatic carbocycles. The van der Waals surface area contributed by atoms with Gasteiger partial charge in [0, 0.05) is 5.92 Å². The first kappa shape index (κ1) is 14.4. The van der Waals surface area contributed by atoms with Crippen molar-refractivity contribution in [2.45, 2.75) is 24.2 Å². The molecule has 1 aliphatic carbocycles. The van der Waals surface area contributed by atoms with Crippen LogP contribution in [-0.4, -0.2) is 16.2 Å². The average molecular weight is 294 g/mol. The maximum Gasteiger partial charge on any atom is 0.318 e. The second kappa shape index (κ2) is 5.34. The van der Waals surface area contributed by atoms with Gasteiger partial charge in [0.05, 0.1) is 5.76 Å². The quantitative estimate of drug-likeness (QED) is 0.841. The Bertz CT molecular complexity index is 720. The molecule has 2 aromatic rings. The number of aliphatic hydroxyl groups excluding tert-OH is 1. The van der Waals surface area contributed by atoms with Crippen LogP contribution < -0.4 is 0 Å². The van der Waals surface area contributed by atoms with Gasteiger partial charge >= 0.3 is 5.97 Å². The van der Waals surface area contributed by atoms with E-state index in [4.69, 9.17) is 0 Å². The van der Waals surface area contributed by atoms with E-state index in [0.717, 1.165) is 16.7 Å². The van der Waals surface area contributed by atoms with Crippen molar-refractivity contribution in [3.8, 4) is 0 Å². The molecule has 0 spiro atoms. The highest BCUT2D eigenvalue weighted by Gasteiger charge is 2.47. The van der Waals surface area contributed by atoms with Crippen LogP contribution in [-0.2, 0) is 10.2 Å². The minimum atomic E-state index is -1.07. The molecule has 0 heterocycles. The van der Waals surface area contributed by atoms with E-state index in [1.807, 2.05) is 54.6 Å². The zero-order valence-corrected chi connectivity index (χ0v) is 12.2. The van der Waals surface area contributed by atoms with E-state index in [1.165, 1.54) is 0 Å². The topological polar surface area (TPSA) is 57.5 Å². The fourth-order valence-electron chi connectivity index (χ4n) is 3.55. The summed E-state index contributed by atoms with van der Waals surface area (Å²) in [6.07, 6.45) is 1.00. The van der Waals surface area contributed by atoms with E-state index in [2.05, 4.69) is 6.58 Å². The van der Waals surface area contributed by atoms with Gasteiger partial charge in [-0.05, 0) is 29.5 Å². The first-order valence-corrected chi connectivity index (χ1v) is 7.33. The normalized spacial score (nSPS) is 23.5. The first-order valence-electron chi connectivity index (χ1n) is 7.33. The van der Waals surface area contributed by atoms with Crippen LogP contribution in [0, 0.1) is 0 Å². The molecular formula is C19H18O3. The number of aliphatic carboxylic acids is 1. The number of hydrogen-bond acceptors (Lipinski definition) is 2. The summed E-state index contributed by atoms with van der Waals surface area (Å²) in [5.41, 5.74) is 1.31. The van der Waals surface area contributed by atoms with Crippen LogP contribution in [0.5, 0.6) is 0 Å². The summed E-state index contributed by atoms with van der Waals surface area (Å²) in [6.45, 7) is 3.65. The van der Waals surface area contributed by atoms with Crippen molar-refractivity contribution in [1.82, 2.24) is 0 Å². The summed E-state index contributed by atoms with van der Waals surface area (Å²) in [6, 6.07) is 16.8. The van der Waals surface area contributed by atoms with Crippen molar-refractivity contribution in [3.05, 3.63) is 83.6 Å². The first-order chi connectivity index (χ1) is 10.6. The fraction of sp³-hybridized carbons (Fsp3) is 0.211. The third-order valence-corrected chi connectivity index (χ3v) is 4.64. The Labute approximate surface area is 129 Å². The molecule has 112 valence electrons. The zero-order chi connectivity index (χ0) is 15.7. The summed E-state index contributed by atoms with van der Waals surface area (Å²) in [5.74, 6) is -0.958. The van der Waals surface area contributed by atoms with Crippen LogP contribution in [0.25, 0.3) is 0 Å². The molecule has 0 saturated heterocycles. The molecule has 2 N–H and O–H groups in total. The fourth-order valence-corrected chi connectivity index (χ4v) is 3.55. The van der Waals surface area contributed by atoms with Crippen LogP contribution in [0.2, 0.25) is 0 Å². The summed E-state index contributed by atoms with van der Waals surface area (Å²) >= 11 is 0. The van der Waals surface area contributed by atoms with Crippen LogP contribution in [0.1, 0.15) is 35.4 Å². The third kappa shape index (κ3) is 2.01. The minimum absolute atomic E-state index is 0.0968. The van der Waals surface area contributed by atoms with Crippen LogP contribution in [0.3, 0.4) is 0 Å². The number of hydrogen-bond donors (Lipinski definition) is 2. The van der Waals surface area contributed by atoms with Gasteiger partial charge in [0.1, 0.15) is 5.41 Å². The third-order valence-electron chi connectivity index (χ3n) is 4.64. The minimum Gasteiger partial charge on any atom is -0.512 e. The second-order valence-corrected chi connectivity index (χ2v) is 5.75. The molecule has 22 heavy (non-hydrogen) atoms. The van der Waals surface area contributed by atoms with Crippen molar-refractivity contribution >= 4 is 5.97 Å². The number of rotatable bonds is 3. The van der Waals surface area contributed by atoms with Gasteiger partial charge in [-0.25, -0.2) is 0 Å². The number of carboxylic acid groups (broad SMARTS) is 1. The predicted octanol–water partition coefficient (Wildman–Crippen LogP) is 4.01. The van der Waals surface area contributed by atoms with Gasteiger partial charge < -0.3 is 10.2 Å². The zero-order valence-electron chi connectivity index (χ0n) is 12.2. The van der Waals surface area contributed by atoms with Gasteiger partial charge in [0.15, 0.2) is 0 Å². The number of carbonyl (C=O) groups is 1. The van der Waals surface area contributed by atoms with Gasteiger partial charge in [-0.2, -0.15) is 0 Å². The second-order valence-electron chi connectivity index (χ2n) is 5.75. The molecule has 3 nitrogen and oxygen atoms in total. The smallest absolute Gasteiger partial charge is 0.318 e. The van der Waals surface area contributed by atoms with Gasteiger partial charge in [-0.3, -0.25) is 4.79 Å². The lowest BCUT2D eigenvalue weighted by molar-refractivity contribution is -0.142. The molecule has 0 amide bonds. The van der Waals surface area contributed by atoms with E-state index in [1.54, 1.807) is 0 Å².